The molecule has 23 heavy (non-hydrogen) atoms. The SMILES string of the molecule is CC(C)(C)[Si](C)(C)OCC[C@H]1C(=O)N[C@@H]1SCc1ccccc1. The molecule has 2 atom stereocenters. The molecule has 1 aromatic rings. The zero-order valence-corrected chi connectivity index (χ0v) is 16.7. The van der Waals surface area contributed by atoms with Crippen LogP contribution in [0.4, 0.5) is 0 Å². The van der Waals surface area contributed by atoms with E-state index >= 15 is 0 Å². The van der Waals surface area contributed by atoms with E-state index in [0.717, 1.165) is 12.2 Å². The third kappa shape index (κ3) is 4.84. The van der Waals surface area contributed by atoms with E-state index in [0.29, 0.717) is 6.61 Å². The van der Waals surface area contributed by atoms with Gasteiger partial charge in [0.25, 0.3) is 0 Å². The molecule has 0 aromatic heterocycles. The second-order valence-electron chi connectivity index (χ2n) is 7.73. The van der Waals surface area contributed by atoms with Crippen LogP contribution in [0.2, 0.25) is 18.1 Å². The van der Waals surface area contributed by atoms with Crippen molar-refractivity contribution in [1.29, 1.82) is 0 Å². The van der Waals surface area contributed by atoms with Gasteiger partial charge in [-0.05, 0) is 30.1 Å². The van der Waals surface area contributed by atoms with Crippen LogP contribution in [-0.4, -0.2) is 26.2 Å². The molecule has 0 aliphatic carbocycles. The Kier molecular flexibility index (Phi) is 5.98. The number of carbonyl (C=O) groups is 1. The van der Waals surface area contributed by atoms with Crippen molar-refractivity contribution < 1.29 is 9.22 Å². The molecule has 128 valence electrons. The summed E-state index contributed by atoms with van der Waals surface area (Å²) in [4.78, 5) is 11.8. The molecule has 0 bridgehead atoms. The number of hydrogen-bond donors (Lipinski definition) is 1. The highest BCUT2D eigenvalue weighted by molar-refractivity contribution is 7.99. The summed E-state index contributed by atoms with van der Waals surface area (Å²) in [6.45, 7) is 11.9. The predicted molar refractivity (Wildman–Crippen MR) is 101 cm³/mol. The Morgan fingerprint density at radius 3 is 2.43 bits per heavy atom. The molecule has 0 spiro atoms. The van der Waals surface area contributed by atoms with Crippen LogP contribution >= 0.6 is 11.8 Å². The first kappa shape index (κ1) is 18.6. The molecule has 1 heterocycles. The van der Waals surface area contributed by atoms with E-state index in [9.17, 15) is 4.79 Å². The minimum absolute atomic E-state index is 0.0912. The summed E-state index contributed by atoms with van der Waals surface area (Å²) in [5, 5.41) is 3.47. The smallest absolute Gasteiger partial charge is 0.227 e. The fourth-order valence-corrected chi connectivity index (χ4v) is 4.56. The second kappa shape index (κ2) is 7.41. The van der Waals surface area contributed by atoms with E-state index in [2.05, 4.69) is 63.4 Å². The fraction of sp³-hybridized carbons (Fsp3) is 0.611. The predicted octanol–water partition coefficient (Wildman–Crippen LogP) is 4.40. The van der Waals surface area contributed by atoms with E-state index < -0.39 is 8.32 Å². The van der Waals surface area contributed by atoms with Gasteiger partial charge in [-0.1, -0.05) is 51.1 Å². The Morgan fingerprint density at radius 2 is 1.87 bits per heavy atom. The highest BCUT2D eigenvalue weighted by Gasteiger charge is 2.41. The van der Waals surface area contributed by atoms with Crippen molar-refractivity contribution in [2.45, 2.75) is 56.5 Å². The zero-order chi connectivity index (χ0) is 17.1. The number of carbonyl (C=O) groups excluding carboxylic acids is 1. The molecule has 0 unspecified atom stereocenters. The summed E-state index contributed by atoms with van der Waals surface area (Å²) in [6.07, 6.45) is 0.824. The third-order valence-corrected chi connectivity index (χ3v) is 10.8. The number of nitrogens with one attached hydrogen (secondary N) is 1. The molecular formula is C18H29NO2SSi. The van der Waals surface area contributed by atoms with Crippen LogP contribution in [0, 0.1) is 5.92 Å². The molecule has 1 amide bonds. The van der Waals surface area contributed by atoms with E-state index in [1.807, 2.05) is 17.8 Å². The van der Waals surface area contributed by atoms with Gasteiger partial charge in [-0.3, -0.25) is 4.79 Å². The average Bonchev–Trinajstić information content (AvgIpc) is 2.47. The molecule has 0 radical (unpaired) electrons. The maximum atomic E-state index is 11.8. The Labute approximate surface area is 145 Å². The van der Waals surface area contributed by atoms with Crippen molar-refractivity contribution in [1.82, 2.24) is 5.32 Å². The maximum Gasteiger partial charge on any atom is 0.227 e. The lowest BCUT2D eigenvalue weighted by Gasteiger charge is -2.39. The quantitative estimate of drug-likeness (QED) is 0.584. The van der Waals surface area contributed by atoms with Gasteiger partial charge in [0.05, 0.1) is 11.3 Å². The molecule has 1 aliphatic rings. The van der Waals surface area contributed by atoms with E-state index in [4.69, 9.17) is 4.43 Å². The van der Waals surface area contributed by atoms with Gasteiger partial charge < -0.3 is 9.74 Å². The van der Waals surface area contributed by atoms with Gasteiger partial charge in [-0.25, -0.2) is 0 Å². The number of rotatable bonds is 7. The van der Waals surface area contributed by atoms with Crippen molar-refractivity contribution in [3.8, 4) is 0 Å². The Balaban J connectivity index is 1.77. The van der Waals surface area contributed by atoms with E-state index in [1.54, 1.807) is 0 Å². The van der Waals surface area contributed by atoms with Gasteiger partial charge in [0, 0.05) is 12.4 Å². The summed E-state index contributed by atoms with van der Waals surface area (Å²) in [5.41, 5.74) is 1.30. The topological polar surface area (TPSA) is 38.3 Å². The molecule has 1 aromatic carbocycles. The summed E-state index contributed by atoms with van der Waals surface area (Å²) in [6, 6.07) is 10.4. The maximum absolute atomic E-state index is 11.8. The van der Waals surface area contributed by atoms with Gasteiger partial charge in [0.2, 0.25) is 5.91 Å². The number of hydrogen-bond acceptors (Lipinski definition) is 3. The van der Waals surface area contributed by atoms with Crippen molar-refractivity contribution in [2.24, 2.45) is 5.92 Å². The second-order valence-corrected chi connectivity index (χ2v) is 13.7. The van der Waals surface area contributed by atoms with E-state index in [1.165, 1.54) is 5.56 Å². The zero-order valence-electron chi connectivity index (χ0n) is 14.9. The number of amides is 1. The standard InChI is InChI=1S/C18H29NO2SSi/c1-18(2,3)23(4,5)21-12-11-15-16(20)19-17(15)22-13-14-9-7-6-8-10-14/h6-10,15,17H,11-13H2,1-5H3,(H,19,20)/t15-,17+/m0/s1. The average molecular weight is 352 g/mol. The van der Waals surface area contributed by atoms with Crippen molar-refractivity contribution >= 4 is 26.0 Å². The normalized spacial score (nSPS) is 21.7. The molecule has 3 nitrogen and oxygen atoms in total. The van der Waals surface area contributed by atoms with Crippen LogP contribution < -0.4 is 5.32 Å². The lowest BCUT2D eigenvalue weighted by molar-refractivity contribution is -0.132. The van der Waals surface area contributed by atoms with Crippen molar-refractivity contribution in [3.63, 3.8) is 0 Å². The fourth-order valence-electron chi connectivity index (χ4n) is 2.25. The summed E-state index contributed by atoms with van der Waals surface area (Å²) >= 11 is 1.82. The summed E-state index contributed by atoms with van der Waals surface area (Å²) < 4.78 is 6.21. The first-order valence-corrected chi connectivity index (χ1v) is 12.3. The van der Waals surface area contributed by atoms with Crippen molar-refractivity contribution in [2.75, 3.05) is 6.61 Å². The van der Waals surface area contributed by atoms with Gasteiger partial charge in [-0.15, -0.1) is 11.8 Å². The first-order valence-electron chi connectivity index (χ1n) is 8.30. The molecule has 0 saturated carbocycles. The Hall–Kier alpha value is -0.783. The van der Waals surface area contributed by atoms with Crippen LogP contribution in [-0.2, 0) is 15.0 Å². The third-order valence-electron chi connectivity index (χ3n) is 4.96. The molecule has 1 fully saturated rings. The van der Waals surface area contributed by atoms with Crippen LogP contribution in [0.1, 0.15) is 32.8 Å². The number of thioether (sulfide) groups is 1. The minimum atomic E-state index is -1.71. The number of benzene rings is 1. The summed E-state index contributed by atoms with van der Waals surface area (Å²) in [5.74, 6) is 1.20. The molecule has 5 heteroatoms. The lowest BCUT2D eigenvalue weighted by atomic mass is 9.98. The largest absolute Gasteiger partial charge is 0.417 e. The van der Waals surface area contributed by atoms with Crippen LogP contribution in [0.25, 0.3) is 0 Å². The van der Waals surface area contributed by atoms with E-state index in [-0.39, 0.29) is 22.2 Å². The highest BCUT2D eigenvalue weighted by atomic mass is 32.2. The van der Waals surface area contributed by atoms with Gasteiger partial charge in [-0.2, -0.15) is 0 Å². The lowest BCUT2D eigenvalue weighted by Crippen LogP contribution is -2.56. The highest BCUT2D eigenvalue weighted by Crippen LogP contribution is 2.37. The van der Waals surface area contributed by atoms with Crippen LogP contribution in [0.15, 0.2) is 30.3 Å². The van der Waals surface area contributed by atoms with Gasteiger partial charge >= 0.3 is 0 Å². The van der Waals surface area contributed by atoms with Crippen LogP contribution in [0.3, 0.4) is 0 Å². The molecule has 1 saturated heterocycles. The molecule has 1 N–H and O–H groups in total. The number of β-lactam (4-membered cyclic amide) rings is 1. The molecule has 2 rings (SSSR count). The van der Waals surface area contributed by atoms with Gasteiger partial charge in [0.15, 0.2) is 8.32 Å². The summed E-state index contributed by atoms with van der Waals surface area (Å²) in [7, 11) is -1.71. The Morgan fingerprint density at radius 1 is 1.22 bits per heavy atom. The Bertz CT molecular complexity index is 528. The van der Waals surface area contributed by atoms with Gasteiger partial charge in [0.1, 0.15) is 0 Å². The minimum Gasteiger partial charge on any atom is -0.417 e. The monoisotopic (exact) mass is 351 g/mol. The van der Waals surface area contributed by atoms with Crippen molar-refractivity contribution in [3.05, 3.63) is 35.9 Å². The van der Waals surface area contributed by atoms with Crippen LogP contribution in [0.5, 0.6) is 0 Å². The molecular weight excluding hydrogens is 322 g/mol. The first-order chi connectivity index (χ1) is 10.7. The molecule has 1 aliphatic heterocycles.